The number of likely N-dealkylation sites (tertiary alicyclic amines) is 1. The number of aryl methyl sites for hydroxylation is 1. The van der Waals surface area contributed by atoms with Crippen LogP contribution in [-0.4, -0.2) is 38.6 Å². The van der Waals surface area contributed by atoms with Gasteiger partial charge in [0.15, 0.2) is 5.16 Å². The molecule has 0 bridgehead atoms. The van der Waals surface area contributed by atoms with E-state index in [0.29, 0.717) is 22.9 Å². The van der Waals surface area contributed by atoms with E-state index in [4.69, 9.17) is 0 Å². The van der Waals surface area contributed by atoms with Crippen molar-refractivity contribution in [3.8, 4) is 0 Å². The molecular weight excluding hydrogens is 358 g/mol. The van der Waals surface area contributed by atoms with Crippen molar-refractivity contribution in [3.63, 3.8) is 0 Å². The first-order valence-electron chi connectivity index (χ1n) is 9.53. The molecule has 0 spiro atoms. The number of thioether (sulfide) groups is 1. The van der Waals surface area contributed by atoms with E-state index in [1.807, 2.05) is 42.2 Å². The molecule has 1 aliphatic rings. The van der Waals surface area contributed by atoms with E-state index >= 15 is 0 Å². The molecule has 3 rings (SSSR count). The summed E-state index contributed by atoms with van der Waals surface area (Å²) in [6, 6.07) is 10.4. The van der Waals surface area contributed by atoms with E-state index in [9.17, 15) is 9.59 Å². The van der Waals surface area contributed by atoms with Gasteiger partial charge in [-0.15, -0.1) is 0 Å². The molecule has 144 valence electrons. The second-order valence-electron chi connectivity index (χ2n) is 7.32. The van der Waals surface area contributed by atoms with Gasteiger partial charge in [-0.05, 0) is 45.6 Å². The minimum atomic E-state index is -0.124. The zero-order valence-electron chi connectivity index (χ0n) is 16.2. The van der Waals surface area contributed by atoms with E-state index in [1.54, 1.807) is 0 Å². The minimum Gasteiger partial charge on any atom is -0.337 e. The van der Waals surface area contributed by atoms with E-state index in [0.717, 1.165) is 24.1 Å². The molecule has 1 amide bonds. The maximum absolute atomic E-state index is 12.7. The third-order valence-corrected chi connectivity index (χ3v) is 6.10. The summed E-state index contributed by atoms with van der Waals surface area (Å²) < 4.78 is 0. The summed E-state index contributed by atoms with van der Waals surface area (Å²) in [4.78, 5) is 34.5. The number of carbonyl (C=O) groups excluding carboxylic acids is 1. The Bertz CT molecular complexity index is 840. The summed E-state index contributed by atoms with van der Waals surface area (Å²) in [6.45, 7) is 6.08. The average molecular weight is 386 g/mol. The molecule has 0 radical (unpaired) electrons. The molecule has 2 atom stereocenters. The van der Waals surface area contributed by atoms with Crippen LogP contribution in [0.1, 0.15) is 49.9 Å². The Morgan fingerprint density at radius 3 is 2.52 bits per heavy atom. The lowest BCUT2D eigenvalue weighted by Crippen LogP contribution is -2.48. The highest BCUT2D eigenvalue weighted by molar-refractivity contribution is 7.99. The van der Waals surface area contributed by atoms with Crippen LogP contribution in [0.4, 0.5) is 0 Å². The number of aromatic nitrogens is 2. The maximum Gasteiger partial charge on any atom is 0.255 e. The van der Waals surface area contributed by atoms with Gasteiger partial charge >= 0.3 is 0 Å². The quantitative estimate of drug-likeness (QED) is 0.631. The third kappa shape index (κ3) is 4.80. The van der Waals surface area contributed by atoms with Gasteiger partial charge in [0.1, 0.15) is 0 Å². The number of carbonyl (C=O) groups is 1. The molecule has 0 aliphatic carbocycles. The Labute approximate surface area is 164 Å². The van der Waals surface area contributed by atoms with Crippen LogP contribution >= 0.6 is 11.8 Å². The molecule has 1 saturated heterocycles. The maximum atomic E-state index is 12.7. The molecule has 6 heteroatoms. The highest BCUT2D eigenvalue weighted by Crippen LogP contribution is 2.24. The predicted octanol–water partition coefficient (Wildman–Crippen LogP) is 3.55. The van der Waals surface area contributed by atoms with E-state index < -0.39 is 0 Å². The Morgan fingerprint density at radius 1 is 1.22 bits per heavy atom. The third-order valence-electron chi connectivity index (χ3n) is 5.24. The fourth-order valence-electron chi connectivity index (χ4n) is 3.78. The van der Waals surface area contributed by atoms with Crippen LogP contribution in [-0.2, 0) is 11.2 Å². The van der Waals surface area contributed by atoms with Crippen LogP contribution in [0, 0.1) is 6.92 Å². The molecule has 2 heterocycles. The smallest absolute Gasteiger partial charge is 0.255 e. The number of rotatable bonds is 5. The Hall–Kier alpha value is -2.08. The second-order valence-corrected chi connectivity index (χ2v) is 8.28. The summed E-state index contributed by atoms with van der Waals surface area (Å²) in [5.41, 5.74) is 2.35. The normalized spacial score (nSPS) is 19.9. The zero-order chi connectivity index (χ0) is 19.4. The number of nitrogens with zero attached hydrogens (tertiary/aromatic N) is 2. The van der Waals surface area contributed by atoms with Crippen molar-refractivity contribution in [3.05, 3.63) is 57.5 Å². The van der Waals surface area contributed by atoms with Gasteiger partial charge in [0, 0.05) is 29.8 Å². The lowest BCUT2D eigenvalue weighted by Gasteiger charge is -2.39. The second kappa shape index (κ2) is 8.74. The molecule has 0 saturated carbocycles. The van der Waals surface area contributed by atoms with Gasteiger partial charge in [0.05, 0.1) is 5.75 Å². The van der Waals surface area contributed by atoms with Crippen LogP contribution in [0.3, 0.4) is 0 Å². The molecule has 1 N–H and O–H groups in total. The molecule has 5 nitrogen and oxygen atoms in total. The number of aromatic amines is 1. The summed E-state index contributed by atoms with van der Waals surface area (Å²) in [5, 5.41) is 0.514. The standard InChI is InChI=1S/C21H27N3O2S/c1-14-8-7-9-15(2)24(14)19(25)13-27-21-22-16(3)18(20(26)23-21)12-17-10-5-4-6-11-17/h4-6,10-11,14-15H,7-9,12-13H2,1-3H3,(H,22,23,26)/t14-,15+. The van der Waals surface area contributed by atoms with E-state index in [2.05, 4.69) is 23.8 Å². The molecule has 0 unspecified atom stereocenters. The Balaban J connectivity index is 1.67. The van der Waals surface area contributed by atoms with Crippen molar-refractivity contribution in [2.45, 2.75) is 63.7 Å². The van der Waals surface area contributed by atoms with Crippen molar-refractivity contribution in [1.82, 2.24) is 14.9 Å². The number of piperidine rings is 1. The topological polar surface area (TPSA) is 66.1 Å². The van der Waals surface area contributed by atoms with E-state index in [-0.39, 0.29) is 23.6 Å². The monoisotopic (exact) mass is 385 g/mol. The largest absolute Gasteiger partial charge is 0.337 e. The van der Waals surface area contributed by atoms with Crippen LogP contribution in [0.25, 0.3) is 0 Å². The van der Waals surface area contributed by atoms with Gasteiger partial charge in [0.25, 0.3) is 5.56 Å². The van der Waals surface area contributed by atoms with Crippen LogP contribution in [0.5, 0.6) is 0 Å². The molecule has 1 aliphatic heterocycles. The van der Waals surface area contributed by atoms with Crippen molar-refractivity contribution in [1.29, 1.82) is 0 Å². The van der Waals surface area contributed by atoms with Crippen LogP contribution < -0.4 is 5.56 Å². The van der Waals surface area contributed by atoms with Gasteiger partial charge in [-0.25, -0.2) is 4.98 Å². The molecule has 27 heavy (non-hydrogen) atoms. The average Bonchev–Trinajstić information content (AvgIpc) is 2.64. The lowest BCUT2D eigenvalue weighted by molar-refractivity contribution is -0.134. The van der Waals surface area contributed by atoms with Gasteiger partial charge in [0.2, 0.25) is 5.91 Å². The van der Waals surface area contributed by atoms with Gasteiger partial charge in [-0.1, -0.05) is 42.1 Å². The predicted molar refractivity (Wildman–Crippen MR) is 109 cm³/mol. The summed E-state index contributed by atoms with van der Waals surface area (Å²) in [7, 11) is 0. The number of H-pyrrole nitrogens is 1. The van der Waals surface area contributed by atoms with Crippen molar-refractivity contribution in [2.24, 2.45) is 0 Å². The SMILES string of the molecule is Cc1nc(SCC(=O)N2[C@H](C)CCC[C@@H]2C)[nH]c(=O)c1Cc1ccccc1. The number of nitrogens with one attached hydrogen (secondary N) is 1. The van der Waals surface area contributed by atoms with Gasteiger partial charge < -0.3 is 9.88 Å². The van der Waals surface area contributed by atoms with Gasteiger partial charge in [-0.3, -0.25) is 9.59 Å². The summed E-state index contributed by atoms with van der Waals surface area (Å²) >= 11 is 1.31. The molecule has 1 fully saturated rings. The lowest BCUT2D eigenvalue weighted by atomic mass is 9.98. The van der Waals surface area contributed by atoms with Crippen molar-refractivity contribution in [2.75, 3.05) is 5.75 Å². The molecule has 2 aromatic rings. The Morgan fingerprint density at radius 2 is 1.89 bits per heavy atom. The number of hydrogen-bond acceptors (Lipinski definition) is 4. The van der Waals surface area contributed by atoms with Crippen LogP contribution in [0.2, 0.25) is 0 Å². The highest BCUT2D eigenvalue weighted by Gasteiger charge is 2.28. The highest BCUT2D eigenvalue weighted by atomic mass is 32.2. The fraction of sp³-hybridized carbons (Fsp3) is 0.476. The number of amides is 1. The molecule has 1 aromatic heterocycles. The first-order chi connectivity index (χ1) is 13.0. The van der Waals surface area contributed by atoms with E-state index in [1.165, 1.54) is 18.2 Å². The Kier molecular flexibility index (Phi) is 6.37. The summed E-state index contributed by atoms with van der Waals surface area (Å²) in [5.74, 6) is 0.420. The first kappa shape index (κ1) is 19.7. The van der Waals surface area contributed by atoms with Gasteiger partial charge in [-0.2, -0.15) is 0 Å². The number of benzene rings is 1. The van der Waals surface area contributed by atoms with Crippen molar-refractivity contribution < 1.29 is 4.79 Å². The van der Waals surface area contributed by atoms with Crippen LogP contribution in [0.15, 0.2) is 40.3 Å². The zero-order valence-corrected chi connectivity index (χ0v) is 17.0. The number of hydrogen-bond donors (Lipinski definition) is 1. The summed E-state index contributed by atoms with van der Waals surface area (Å²) in [6.07, 6.45) is 3.85. The molecular formula is C21H27N3O2S. The molecule has 1 aromatic carbocycles. The first-order valence-corrected chi connectivity index (χ1v) is 10.5. The minimum absolute atomic E-state index is 0.119. The van der Waals surface area contributed by atoms with Crippen molar-refractivity contribution >= 4 is 17.7 Å². The fourth-order valence-corrected chi connectivity index (χ4v) is 4.55.